The fourth-order valence-electron chi connectivity index (χ4n) is 1.58. The average molecular weight is 191 g/mol. The lowest BCUT2D eigenvalue weighted by Gasteiger charge is -2.26. The van der Waals surface area contributed by atoms with Crippen molar-refractivity contribution in [1.29, 1.82) is 0 Å². The summed E-state index contributed by atoms with van der Waals surface area (Å²) in [6.45, 7) is 4.00. The highest BCUT2D eigenvalue weighted by Crippen LogP contribution is 2.27. The van der Waals surface area contributed by atoms with Gasteiger partial charge in [0.05, 0.1) is 5.41 Å². The van der Waals surface area contributed by atoms with Crippen LogP contribution in [-0.4, -0.2) is 13.0 Å². The molecule has 0 unspecified atom stereocenters. The normalized spacial score (nSPS) is 14.5. The standard InChI is InChI=1S/C12H17NO/c1-4-12(2,11(14)13-3)10-8-6-5-7-9-10/h5-9H,4H2,1-3H3,(H,13,14)/t12-/m1/s1. The molecule has 0 fully saturated rings. The molecule has 76 valence electrons. The predicted octanol–water partition coefficient (Wildman–Crippen LogP) is 2.10. The van der Waals surface area contributed by atoms with Gasteiger partial charge in [0.1, 0.15) is 0 Å². The van der Waals surface area contributed by atoms with Crippen molar-refractivity contribution in [2.45, 2.75) is 25.7 Å². The molecular formula is C12H17NO. The van der Waals surface area contributed by atoms with E-state index in [1.165, 1.54) is 0 Å². The fraction of sp³-hybridized carbons (Fsp3) is 0.417. The first-order valence-electron chi connectivity index (χ1n) is 4.93. The number of nitrogens with one attached hydrogen (secondary N) is 1. The lowest BCUT2D eigenvalue weighted by Crippen LogP contribution is -2.40. The van der Waals surface area contributed by atoms with Crippen molar-refractivity contribution in [2.24, 2.45) is 0 Å². The van der Waals surface area contributed by atoms with Crippen molar-refractivity contribution in [3.63, 3.8) is 0 Å². The summed E-state index contributed by atoms with van der Waals surface area (Å²) in [6, 6.07) is 9.89. The first kappa shape index (κ1) is 10.8. The Labute approximate surface area is 85.3 Å². The van der Waals surface area contributed by atoms with Crippen LogP contribution < -0.4 is 5.32 Å². The van der Waals surface area contributed by atoms with E-state index >= 15 is 0 Å². The number of hydrogen-bond donors (Lipinski definition) is 1. The fourth-order valence-corrected chi connectivity index (χ4v) is 1.58. The molecule has 0 saturated heterocycles. The summed E-state index contributed by atoms with van der Waals surface area (Å²) in [5.41, 5.74) is 0.664. The third-order valence-electron chi connectivity index (χ3n) is 2.85. The molecule has 1 aromatic rings. The van der Waals surface area contributed by atoms with E-state index in [1.807, 2.05) is 44.2 Å². The maximum Gasteiger partial charge on any atom is 0.230 e. The molecule has 1 atom stereocenters. The van der Waals surface area contributed by atoms with Crippen LogP contribution in [0.4, 0.5) is 0 Å². The summed E-state index contributed by atoms with van der Waals surface area (Å²) >= 11 is 0. The first-order chi connectivity index (χ1) is 6.65. The second-order valence-electron chi connectivity index (χ2n) is 3.63. The van der Waals surface area contributed by atoms with E-state index in [0.717, 1.165) is 12.0 Å². The third kappa shape index (κ3) is 1.79. The molecule has 0 heterocycles. The van der Waals surface area contributed by atoms with Gasteiger partial charge >= 0.3 is 0 Å². The van der Waals surface area contributed by atoms with Crippen LogP contribution in [-0.2, 0) is 10.2 Å². The predicted molar refractivity (Wildman–Crippen MR) is 58.2 cm³/mol. The summed E-state index contributed by atoms with van der Waals surface area (Å²) in [7, 11) is 1.68. The first-order valence-corrected chi connectivity index (χ1v) is 4.93. The molecular weight excluding hydrogens is 174 g/mol. The SMILES string of the molecule is CC[C@@](C)(C(=O)NC)c1ccccc1. The van der Waals surface area contributed by atoms with Crippen LogP contribution in [0.1, 0.15) is 25.8 Å². The highest BCUT2D eigenvalue weighted by atomic mass is 16.2. The van der Waals surface area contributed by atoms with E-state index in [9.17, 15) is 4.79 Å². The number of carbonyl (C=O) groups excluding carboxylic acids is 1. The molecule has 0 radical (unpaired) electrons. The molecule has 0 aliphatic rings. The van der Waals surface area contributed by atoms with Crippen molar-refractivity contribution in [3.8, 4) is 0 Å². The van der Waals surface area contributed by atoms with E-state index in [-0.39, 0.29) is 5.91 Å². The zero-order valence-electron chi connectivity index (χ0n) is 9.00. The van der Waals surface area contributed by atoms with Crippen molar-refractivity contribution >= 4 is 5.91 Å². The Hall–Kier alpha value is -1.31. The topological polar surface area (TPSA) is 29.1 Å². The summed E-state index contributed by atoms with van der Waals surface area (Å²) in [5.74, 6) is 0.0752. The molecule has 2 nitrogen and oxygen atoms in total. The Bertz CT molecular complexity index is 307. The maximum atomic E-state index is 11.8. The van der Waals surface area contributed by atoms with E-state index in [2.05, 4.69) is 5.32 Å². The van der Waals surface area contributed by atoms with Crippen LogP contribution in [0.2, 0.25) is 0 Å². The lowest BCUT2D eigenvalue weighted by molar-refractivity contribution is -0.125. The number of amides is 1. The summed E-state index contributed by atoms with van der Waals surface area (Å²) < 4.78 is 0. The zero-order valence-corrected chi connectivity index (χ0v) is 9.00. The number of hydrogen-bond acceptors (Lipinski definition) is 1. The Morgan fingerprint density at radius 3 is 2.36 bits per heavy atom. The number of rotatable bonds is 3. The summed E-state index contributed by atoms with van der Waals surface area (Å²) in [5, 5.41) is 2.72. The van der Waals surface area contributed by atoms with Crippen LogP contribution in [0.3, 0.4) is 0 Å². The summed E-state index contributed by atoms with van der Waals surface area (Å²) in [6.07, 6.45) is 0.802. The van der Waals surface area contributed by atoms with Crippen molar-refractivity contribution < 1.29 is 4.79 Å². The Kier molecular flexibility index (Phi) is 3.28. The van der Waals surface area contributed by atoms with Gasteiger partial charge in [-0.25, -0.2) is 0 Å². The lowest BCUT2D eigenvalue weighted by atomic mass is 9.79. The molecule has 1 N–H and O–H groups in total. The minimum absolute atomic E-state index is 0.0752. The Morgan fingerprint density at radius 2 is 1.93 bits per heavy atom. The Morgan fingerprint density at radius 1 is 1.36 bits per heavy atom. The molecule has 1 aromatic carbocycles. The molecule has 1 amide bonds. The molecule has 0 bridgehead atoms. The van der Waals surface area contributed by atoms with Crippen LogP contribution >= 0.6 is 0 Å². The molecule has 2 heteroatoms. The molecule has 1 rings (SSSR count). The quantitative estimate of drug-likeness (QED) is 0.779. The number of likely N-dealkylation sites (N-methyl/N-ethyl adjacent to an activating group) is 1. The minimum Gasteiger partial charge on any atom is -0.358 e. The molecule has 0 aliphatic carbocycles. The molecule has 0 saturated carbocycles. The number of carbonyl (C=O) groups is 1. The van der Waals surface area contributed by atoms with E-state index < -0.39 is 5.41 Å². The van der Waals surface area contributed by atoms with Gasteiger partial charge in [-0.05, 0) is 18.9 Å². The number of benzene rings is 1. The van der Waals surface area contributed by atoms with Crippen LogP contribution in [0.25, 0.3) is 0 Å². The second-order valence-corrected chi connectivity index (χ2v) is 3.63. The van der Waals surface area contributed by atoms with Crippen molar-refractivity contribution in [2.75, 3.05) is 7.05 Å². The van der Waals surface area contributed by atoms with Gasteiger partial charge in [0, 0.05) is 7.05 Å². The van der Waals surface area contributed by atoms with Gasteiger partial charge in [-0.2, -0.15) is 0 Å². The summed E-state index contributed by atoms with van der Waals surface area (Å²) in [4.78, 5) is 11.8. The second kappa shape index (κ2) is 4.27. The van der Waals surface area contributed by atoms with Crippen LogP contribution in [0.15, 0.2) is 30.3 Å². The van der Waals surface area contributed by atoms with Crippen LogP contribution in [0, 0.1) is 0 Å². The smallest absolute Gasteiger partial charge is 0.230 e. The largest absolute Gasteiger partial charge is 0.358 e. The van der Waals surface area contributed by atoms with Crippen molar-refractivity contribution in [1.82, 2.24) is 5.32 Å². The monoisotopic (exact) mass is 191 g/mol. The van der Waals surface area contributed by atoms with Gasteiger partial charge in [0.25, 0.3) is 0 Å². The zero-order chi connectivity index (χ0) is 10.6. The molecule has 0 spiro atoms. The maximum absolute atomic E-state index is 11.8. The average Bonchev–Trinajstić information content (AvgIpc) is 2.28. The molecule has 14 heavy (non-hydrogen) atoms. The van der Waals surface area contributed by atoms with Gasteiger partial charge in [-0.3, -0.25) is 4.79 Å². The highest BCUT2D eigenvalue weighted by Gasteiger charge is 2.31. The van der Waals surface area contributed by atoms with Crippen molar-refractivity contribution in [3.05, 3.63) is 35.9 Å². The third-order valence-corrected chi connectivity index (χ3v) is 2.85. The van der Waals surface area contributed by atoms with Gasteiger partial charge in [0.15, 0.2) is 0 Å². The molecule has 0 aromatic heterocycles. The van der Waals surface area contributed by atoms with Crippen LogP contribution in [0.5, 0.6) is 0 Å². The van der Waals surface area contributed by atoms with E-state index in [4.69, 9.17) is 0 Å². The Balaban J connectivity index is 3.08. The molecule has 0 aliphatic heterocycles. The van der Waals surface area contributed by atoms with E-state index in [0.29, 0.717) is 0 Å². The van der Waals surface area contributed by atoms with E-state index in [1.54, 1.807) is 7.05 Å². The highest BCUT2D eigenvalue weighted by molar-refractivity contribution is 5.87. The van der Waals surface area contributed by atoms with Gasteiger partial charge in [-0.1, -0.05) is 37.3 Å². The minimum atomic E-state index is -0.407. The van der Waals surface area contributed by atoms with Gasteiger partial charge < -0.3 is 5.32 Å². The van der Waals surface area contributed by atoms with Gasteiger partial charge in [-0.15, -0.1) is 0 Å². The van der Waals surface area contributed by atoms with Gasteiger partial charge in [0.2, 0.25) is 5.91 Å².